The number of likely N-dealkylation sites (tertiary alicyclic amines) is 1. The van der Waals surface area contributed by atoms with Crippen LogP contribution in [-0.2, 0) is 14.3 Å². The van der Waals surface area contributed by atoms with Crippen molar-refractivity contribution in [1.29, 1.82) is 0 Å². The van der Waals surface area contributed by atoms with Gasteiger partial charge in [-0.15, -0.1) is 0 Å². The third-order valence-corrected chi connectivity index (χ3v) is 7.40. The lowest BCUT2D eigenvalue weighted by Crippen LogP contribution is -2.48. The molecule has 2 fully saturated rings. The lowest BCUT2D eigenvalue weighted by molar-refractivity contribution is -0.136. The van der Waals surface area contributed by atoms with E-state index in [0.29, 0.717) is 24.6 Å². The van der Waals surface area contributed by atoms with Crippen molar-refractivity contribution in [3.63, 3.8) is 0 Å². The van der Waals surface area contributed by atoms with Gasteiger partial charge >= 0.3 is 0 Å². The molecule has 8 nitrogen and oxygen atoms in total. The monoisotopic (exact) mass is 492 g/mol. The summed E-state index contributed by atoms with van der Waals surface area (Å²) < 4.78 is 11.2. The zero-order valence-corrected chi connectivity index (χ0v) is 21.4. The van der Waals surface area contributed by atoms with Crippen LogP contribution in [0.5, 0.6) is 5.75 Å². The minimum Gasteiger partial charge on any atom is -0.493 e. The number of fused-ring (bicyclic) bond motifs is 1. The number of amides is 2. The number of hydrogen-bond donors (Lipinski definition) is 3. The summed E-state index contributed by atoms with van der Waals surface area (Å²) >= 11 is 0. The molecular formula is C28H36N4O4. The summed E-state index contributed by atoms with van der Waals surface area (Å²) in [6, 6.07) is 8.29. The minimum atomic E-state index is -0.105. The van der Waals surface area contributed by atoms with Gasteiger partial charge in [-0.25, -0.2) is 0 Å². The molecule has 3 heterocycles. The summed E-state index contributed by atoms with van der Waals surface area (Å²) in [5.41, 5.74) is 5.60. The van der Waals surface area contributed by atoms with Crippen LogP contribution in [-0.4, -0.2) is 61.2 Å². The van der Waals surface area contributed by atoms with Gasteiger partial charge in [-0.05, 0) is 63.6 Å². The smallest absolute Gasteiger partial charge is 0.255 e. The van der Waals surface area contributed by atoms with Crippen LogP contribution in [0.2, 0.25) is 0 Å². The number of methoxy groups -OCH3 is 1. The largest absolute Gasteiger partial charge is 0.493 e. The summed E-state index contributed by atoms with van der Waals surface area (Å²) in [7, 11) is 1.53. The van der Waals surface area contributed by atoms with E-state index in [4.69, 9.17) is 9.47 Å². The number of carbonyl (C=O) groups excluding carboxylic acids is 2. The van der Waals surface area contributed by atoms with Gasteiger partial charge in [0.25, 0.3) is 5.91 Å². The van der Waals surface area contributed by atoms with Crippen molar-refractivity contribution < 1.29 is 19.1 Å². The van der Waals surface area contributed by atoms with Gasteiger partial charge in [-0.3, -0.25) is 9.59 Å². The van der Waals surface area contributed by atoms with Crippen molar-refractivity contribution in [3.8, 4) is 5.75 Å². The standard InChI is InChI=1S/C28H36N4O4/c1-17-4-7-23(36-15-19-5-6-19)22(14-17)26-21-8-11-29-27(21)25(18(2)30-26)28(34)31-20-9-12-32(13-10-20)24(33)16-35-3/h4,7-8,11,14,19-20,26,29-30H,5-6,9-10,12-13,15-16H2,1-3H3,(H,31,34). The SMILES string of the molecule is COCC(=O)N1CCC(NC(=O)C2=C(C)NC(c3cc(C)ccc3OCC3CC3)c3cc[nH]c32)CC1. The van der Waals surface area contributed by atoms with Gasteiger partial charge < -0.3 is 30.0 Å². The van der Waals surface area contributed by atoms with E-state index in [-0.39, 0.29) is 30.5 Å². The molecule has 2 aliphatic heterocycles. The van der Waals surface area contributed by atoms with Crippen LogP contribution < -0.4 is 15.4 Å². The number of benzene rings is 1. The molecule has 0 radical (unpaired) electrons. The molecule has 36 heavy (non-hydrogen) atoms. The number of aryl methyl sites for hydroxylation is 1. The minimum absolute atomic E-state index is 0.00370. The van der Waals surface area contributed by atoms with Crippen LogP contribution in [0.4, 0.5) is 0 Å². The number of nitrogens with one attached hydrogen (secondary N) is 3. The van der Waals surface area contributed by atoms with E-state index in [0.717, 1.165) is 47.7 Å². The topological polar surface area (TPSA) is 95.7 Å². The summed E-state index contributed by atoms with van der Waals surface area (Å²) in [5.74, 6) is 1.46. The first-order valence-corrected chi connectivity index (χ1v) is 12.9. The highest BCUT2D eigenvalue weighted by Gasteiger charge is 2.33. The highest BCUT2D eigenvalue weighted by Crippen LogP contribution is 2.40. The number of hydrogen-bond acceptors (Lipinski definition) is 5. The molecule has 3 N–H and O–H groups in total. The average Bonchev–Trinajstić information content (AvgIpc) is 3.57. The number of allylic oxidation sites excluding steroid dienone is 1. The molecule has 0 bridgehead atoms. The molecule has 1 aromatic carbocycles. The Morgan fingerprint density at radius 3 is 2.58 bits per heavy atom. The molecule has 1 unspecified atom stereocenters. The molecule has 5 rings (SSSR count). The number of aromatic nitrogens is 1. The fraction of sp³-hybridized carbons (Fsp3) is 0.500. The molecule has 1 saturated heterocycles. The van der Waals surface area contributed by atoms with E-state index in [1.807, 2.05) is 19.2 Å². The Balaban J connectivity index is 1.32. The summed E-state index contributed by atoms with van der Waals surface area (Å²) in [5, 5.41) is 6.81. The third kappa shape index (κ3) is 5.14. The Bertz CT molecular complexity index is 1160. The van der Waals surface area contributed by atoms with Crippen molar-refractivity contribution in [1.82, 2.24) is 20.5 Å². The summed E-state index contributed by atoms with van der Waals surface area (Å²) in [6.07, 6.45) is 5.84. The zero-order chi connectivity index (χ0) is 25.2. The number of carbonyl (C=O) groups is 2. The number of rotatable bonds is 8. The third-order valence-electron chi connectivity index (χ3n) is 7.40. The van der Waals surface area contributed by atoms with Crippen molar-refractivity contribution in [2.75, 3.05) is 33.4 Å². The molecule has 2 amide bonds. The van der Waals surface area contributed by atoms with E-state index in [9.17, 15) is 9.59 Å². The number of aromatic amines is 1. The maximum absolute atomic E-state index is 13.4. The fourth-order valence-electron chi connectivity index (χ4n) is 5.18. The van der Waals surface area contributed by atoms with E-state index >= 15 is 0 Å². The predicted octanol–water partition coefficient (Wildman–Crippen LogP) is 3.29. The molecule has 8 heteroatoms. The second-order valence-corrected chi connectivity index (χ2v) is 10.2. The van der Waals surface area contributed by atoms with Gasteiger partial charge in [0.2, 0.25) is 5.91 Å². The average molecular weight is 493 g/mol. The second-order valence-electron chi connectivity index (χ2n) is 10.2. The normalized spacial score (nSPS) is 20.1. The number of ether oxygens (including phenoxy) is 2. The quantitative estimate of drug-likeness (QED) is 0.526. The van der Waals surface area contributed by atoms with E-state index in [1.54, 1.807) is 4.90 Å². The van der Waals surface area contributed by atoms with Crippen LogP contribution >= 0.6 is 0 Å². The van der Waals surface area contributed by atoms with Gasteiger partial charge in [0.15, 0.2) is 0 Å². The fourth-order valence-corrected chi connectivity index (χ4v) is 5.18. The van der Waals surface area contributed by atoms with Gasteiger partial charge in [-0.2, -0.15) is 0 Å². The summed E-state index contributed by atoms with van der Waals surface area (Å²) in [6.45, 7) is 6.14. The first kappa shape index (κ1) is 24.4. The molecule has 1 saturated carbocycles. The van der Waals surface area contributed by atoms with E-state index < -0.39 is 0 Å². The van der Waals surface area contributed by atoms with Gasteiger partial charge in [0, 0.05) is 49.3 Å². The highest BCUT2D eigenvalue weighted by atomic mass is 16.5. The van der Waals surface area contributed by atoms with Gasteiger partial charge in [-0.1, -0.05) is 11.6 Å². The Labute approximate surface area is 212 Å². The van der Waals surface area contributed by atoms with Crippen LogP contribution in [0.15, 0.2) is 36.2 Å². The molecule has 1 atom stereocenters. The number of piperidine rings is 1. The second kappa shape index (κ2) is 10.4. The molecule has 192 valence electrons. The Morgan fingerprint density at radius 1 is 1.08 bits per heavy atom. The van der Waals surface area contributed by atoms with Crippen molar-refractivity contribution in [2.24, 2.45) is 5.92 Å². The number of nitrogens with zero attached hydrogens (tertiary/aromatic N) is 1. The van der Waals surface area contributed by atoms with Crippen LogP contribution in [0, 0.1) is 12.8 Å². The van der Waals surface area contributed by atoms with E-state index in [2.05, 4.69) is 40.7 Å². The molecule has 1 aromatic heterocycles. The Kier molecular flexibility index (Phi) is 7.05. The molecule has 2 aromatic rings. The van der Waals surface area contributed by atoms with E-state index in [1.165, 1.54) is 25.5 Å². The number of H-pyrrole nitrogens is 1. The van der Waals surface area contributed by atoms with Crippen LogP contribution in [0.25, 0.3) is 5.57 Å². The first-order valence-electron chi connectivity index (χ1n) is 12.9. The summed E-state index contributed by atoms with van der Waals surface area (Å²) in [4.78, 5) is 30.7. The Morgan fingerprint density at radius 2 is 1.86 bits per heavy atom. The molecular weight excluding hydrogens is 456 g/mol. The first-order chi connectivity index (χ1) is 17.4. The van der Waals surface area contributed by atoms with Crippen LogP contribution in [0.1, 0.15) is 61.0 Å². The predicted molar refractivity (Wildman–Crippen MR) is 137 cm³/mol. The van der Waals surface area contributed by atoms with Crippen molar-refractivity contribution in [2.45, 2.75) is 51.6 Å². The molecule has 0 spiro atoms. The zero-order valence-electron chi connectivity index (χ0n) is 21.4. The maximum atomic E-state index is 13.4. The highest BCUT2D eigenvalue weighted by molar-refractivity contribution is 6.20. The molecule has 3 aliphatic rings. The van der Waals surface area contributed by atoms with Crippen LogP contribution in [0.3, 0.4) is 0 Å². The lowest BCUT2D eigenvalue weighted by atomic mass is 9.89. The van der Waals surface area contributed by atoms with Gasteiger partial charge in [0.05, 0.1) is 23.9 Å². The van der Waals surface area contributed by atoms with Crippen molar-refractivity contribution in [3.05, 3.63) is 58.5 Å². The lowest BCUT2D eigenvalue weighted by Gasteiger charge is -2.33. The Hall–Kier alpha value is -3.26. The van der Waals surface area contributed by atoms with Crippen molar-refractivity contribution >= 4 is 17.4 Å². The molecule has 1 aliphatic carbocycles. The maximum Gasteiger partial charge on any atom is 0.255 e. The van der Waals surface area contributed by atoms with Gasteiger partial charge in [0.1, 0.15) is 12.4 Å².